The molecule has 0 saturated heterocycles. The fraction of sp³-hybridized carbons (Fsp3) is 0. The lowest BCUT2D eigenvalue weighted by Gasteiger charge is -2.10. The van der Waals surface area contributed by atoms with Gasteiger partial charge in [-0.15, -0.1) is 11.3 Å². The van der Waals surface area contributed by atoms with E-state index in [-0.39, 0.29) is 0 Å². The summed E-state index contributed by atoms with van der Waals surface area (Å²) in [7, 11) is 0. The molecule has 0 bridgehead atoms. The summed E-state index contributed by atoms with van der Waals surface area (Å²) in [5.74, 6) is 1.96. The number of nitrogens with zero attached hydrogens (tertiary/aromatic N) is 4. The minimum atomic E-state index is 0.653. The molecule has 0 amide bonds. The molecule has 0 unspecified atom stereocenters. The predicted octanol–water partition coefficient (Wildman–Crippen LogP) is 13.8. The van der Waals surface area contributed by atoms with Crippen molar-refractivity contribution in [2.45, 2.75) is 0 Å². The van der Waals surface area contributed by atoms with Gasteiger partial charge in [0.1, 0.15) is 0 Å². The number of hydrogen-bond donors (Lipinski definition) is 0. The van der Waals surface area contributed by atoms with E-state index in [4.69, 9.17) is 15.0 Å². The van der Waals surface area contributed by atoms with Gasteiger partial charge in [0.25, 0.3) is 0 Å². The number of para-hydroxylation sites is 1. The number of fused-ring (bicyclic) bond motifs is 10. The molecule has 0 aliphatic carbocycles. The third-order valence-electron chi connectivity index (χ3n) is 11.2. The third kappa shape index (κ3) is 4.81. The molecule has 3 aromatic heterocycles. The van der Waals surface area contributed by atoms with Gasteiger partial charge < -0.3 is 4.57 Å². The zero-order valence-electron chi connectivity index (χ0n) is 30.0. The van der Waals surface area contributed by atoms with Crippen molar-refractivity contribution in [3.8, 4) is 39.9 Å². The lowest BCUT2D eigenvalue weighted by Crippen LogP contribution is -2.00. The first-order valence-corrected chi connectivity index (χ1v) is 19.7. The molecule has 56 heavy (non-hydrogen) atoms. The Bertz CT molecular complexity index is 3460. The Labute approximate surface area is 325 Å². The summed E-state index contributed by atoms with van der Waals surface area (Å²) < 4.78 is 4.89. The Morgan fingerprint density at radius 3 is 1.59 bits per heavy atom. The van der Waals surface area contributed by atoms with Crippen molar-refractivity contribution < 1.29 is 0 Å². The fourth-order valence-electron chi connectivity index (χ4n) is 8.52. The van der Waals surface area contributed by atoms with Crippen molar-refractivity contribution in [1.82, 2.24) is 19.5 Å². The smallest absolute Gasteiger partial charge is 0.164 e. The number of benzene rings is 9. The highest BCUT2D eigenvalue weighted by atomic mass is 32.1. The summed E-state index contributed by atoms with van der Waals surface area (Å²) >= 11 is 1.83. The van der Waals surface area contributed by atoms with E-state index in [0.29, 0.717) is 17.5 Å². The topological polar surface area (TPSA) is 43.6 Å². The first-order valence-electron chi connectivity index (χ1n) is 18.8. The van der Waals surface area contributed by atoms with E-state index < -0.39 is 0 Å². The van der Waals surface area contributed by atoms with Gasteiger partial charge >= 0.3 is 0 Å². The standard InChI is InChI=1S/C51H30N4S/c1-3-13-34-28-36(22-20-31(34)10-1)49-52-50(37-23-21-32-11-2-4-14-35(32)29-37)54-51(53-49)38-24-26-40-41-17-9-19-45(48(41)56-46(40)30-38)55-43-18-8-7-16-42(43)47-39-15-6-5-12-33(39)25-27-44(47)55/h1-30H. The second-order valence-corrected chi connectivity index (χ2v) is 15.5. The van der Waals surface area contributed by atoms with Gasteiger partial charge in [-0.2, -0.15) is 0 Å². The average Bonchev–Trinajstić information content (AvgIpc) is 3.82. The molecule has 4 nitrogen and oxygen atoms in total. The largest absolute Gasteiger partial charge is 0.308 e. The molecule has 12 rings (SSSR count). The van der Waals surface area contributed by atoms with Crippen LogP contribution in [0.4, 0.5) is 0 Å². The fourth-order valence-corrected chi connectivity index (χ4v) is 9.76. The highest BCUT2D eigenvalue weighted by Gasteiger charge is 2.19. The van der Waals surface area contributed by atoms with Crippen LogP contribution in [-0.2, 0) is 0 Å². The average molecular weight is 731 g/mol. The van der Waals surface area contributed by atoms with Gasteiger partial charge in [0.15, 0.2) is 17.5 Å². The van der Waals surface area contributed by atoms with Crippen LogP contribution in [0.15, 0.2) is 182 Å². The molecule has 260 valence electrons. The van der Waals surface area contributed by atoms with Crippen LogP contribution in [0.25, 0.3) is 114 Å². The monoisotopic (exact) mass is 730 g/mol. The van der Waals surface area contributed by atoms with Gasteiger partial charge in [-0.1, -0.05) is 146 Å². The van der Waals surface area contributed by atoms with Crippen molar-refractivity contribution in [3.05, 3.63) is 182 Å². The second-order valence-electron chi connectivity index (χ2n) is 14.4. The van der Waals surface area contributed by atoms with Crippen LogP contribution in [0.3, 0.4) is 0 Å². The van der Waals surface area contributed by atoms with Crippen molar-refractivity contribution >= 4 is 85.6 Å². The molecule has 0 aliphatic heterocycles. The van der Waals surface area contributed by atoms with Gasteiger partial charge in [0.2, 0.25) is 0 Å². The van der Waals surface area contributed by atoms with E-state index >= 15 is 0 Å². The predicted molar refractivity (Wildman–Crippen MR) is 236 cm³/mol. The van der Waals surface area contributed by atoms with Crippen molar-refractivity contribution in [2.24, 2.45) is 0 Å². The highest BCUT2D eigenvalue weighted by molar-refractivity contribution is 7.26. The van der Waals surface area contributed by atoms with Crippen molar-refractivity contribution in [3.63, 3.8) is 0 Å². The van der Waals surface area contributed by atoms with Gasteiger partial charge in [0.05, 0.1) is 21.4 Å². The molecule has 0 N–H and O–H groups in total. The van der Waals surface area contributed by atoms with E-state index in [0.717, 1.165) is 27.5 Å². The zero-order valence-corrected chi connectivity index (χ0v) is 30.8. The van der Waals surface area contributed by atoms with Crippen molar-refractivity contribution in [1.29, 1.82) is 0 Å². The zero-order chi connectivity index (χ0) is 36.7. The lowest BCUT2D eigenvalue weighted by atomic mass is 10.0. The molecule has 9 aromatic carbocycles. The Hall–Kier alpha value is -7.21. The minimum Gasteiger partial charge on any atom is -0.308 e. The van der Waals surface area contributed by atoms with Crippen LogP contribution < -0.4 is 0 Å². The molecule has 0 fully saturated rings. The molecule has 0 radical (unpaired) electrons. The van der Waals surface area contributed by atoms with Crippen LogP contribution in [0.2, 0.25) is 0 Å². The molecular weight excluding hydrogens is 701 g/mol. The van der Waals surface area contributed by atoms with E-state index in [1.807, 2.05) is 11.3 Å². The normalized spacial score (nSPS) is 11.9. The minimum absolute atomic E-state index is 0.653. The maximum Gasteiger partial charge on any atom is 0.164 e. The van der Waals surface area contributed by atoms with Crippen LogP contribution in [-0.4, -0.2) is 19.5 Å². The third-order valence-corrected chi connectivity index (χ3v) is 12.4. The molecular formula is C51H30N4S. The quantitative estimate of drug-likeness (QED) is 0.181. The van der Waals surface area contributed by atoms with E-state index in [1.54, 1.807) is 0 Å². The lowest BCUT2D eigenvalue weighted by molar-refractivity contribution is 1.08. The summed E-state index contributed by atoms with van der Waals surface area (Å²) in [5.41, 5.74) is 6.48. The van der Waals surface area contributed by atoms with Gasteiger partial charge in [-0.05, 0) is 68.7 Å². The molecule has 0 spiro atoms. The first-order chi connectivity index (χ1) is 27.7. The number of rotatable bonds is 4. The first kappa shape index (κ1) is 31.2. The summed E-state index contributed by atoms with van der Waals surface area (Å²) in [6.45, 7) is 0. The van der Waals surface area contributed by atoms with Crippen molar-refractivity contribution in [2.75, 3.05) is 0 Å². The molecule has 5 heteroatoms. The molecule has 3 heterocycles. The molecule has 0 saturated carbocycles. The molecule has 12 aromatic rings. The summed E-state index contributed by atoms with van der Waals surface area (Å²) in [6, 6.07) is 65.0. The maximum absolute atomic E-state index is 5.16. The Morgan fingerprint density at radius 1 is 0.357 bits per heavy atom. The summed E-state index contributed by atoms with van der Waals surface area (Å²) in [5, 5.41) is 12.2. The number of aromatic nitrogens is 4. The van der Waals surface area contributed by atoms with Crippen LogP contribution in [0.1, 0.15) is 0 Å². The SMILES string of the molecule is c1ccc2cc(-c3nc(-c4ccc5ccccc5c4)nc(-c4ccc5c(c4)sc4c(-n6c7ccccc7c7c8ccccc8ccc76)cccc45)n3)ccc2c1. The summed E-state index contributed by atoms with van der Waals surface area (Å²) in [4.78, 5) is 15.4. The van der Waals surface area contributed by atoms with Crippen LogP contribution in [0.5, 0.6) is 0 Å². The van der Waals surface area contributed by atoms with E-state index in [2.05, 4.69) is 187 Å². The van der Waals surface area contributed by atoms with Crippen LogP contribution in [0, 0.1) is 0 Å². The van der Waals surface area contributed by atoms with Gasteiger partial charge in [0, 0.05) is 42.9 Å². The Balaban J connectivity index is 1.05. The maximum atomic E-state index is 5.16. The molecule has 0 aliphatic rings. The molecule has 0 atom stereocenters. The van der Waals surface area contributed by atoms with Gasteiger partial charge in [-0.25, -0.2) is 15.0 Å². The summed E-state index contributed by atoms with van der Waals surface area (Å²) in [6.07, 6.45) is 0. The van der Waals surface area contributed by atoms with Gasteiger partial charge in [-0.3, -0.25) is 0 Å². The highest BCUT2D eigenvalue weighted by Crippen LogP contribution is 2.43. The Morgan fingerprint density at radius 2 is 0.893 bits per heavy atom. The van der Waals surface area contributed by atoms with Crippen LogP contribution >= 0.6 is 11.3 Å². The number of thiophene rings is 1. The number of hydrogen-bond acceptors (Lipinski definition) is 4. The Kier molecular flexibility index (Phi) is 6.76. The second kappa shape index (κ2) is 12.2. The van der Waals surface area contributed by atoms with E-state index in [1.165, 1.54) is 69.2 Å². The van der Waals surface area contributed by atoms with E-state index in [9.17, 15) is 0 Å².